The van der Waals surface area contributed by atoms with Gasteiger partial charge in [0.1, 0.15) is 5.58 Å². The van der Waals surface area contributed by atoms with Gasteiger partial charge in [0, 0.05) is 42.9 Å². The maximum atomic E-state index is 12.6. The molecule has 3 aromatic rings. The van der Waals surface area contributed by atoms with Crippen molar-refractivity contribution in [3.8, 4) is 0 Å². The van der Waals surface area contributed by atoms with Crippen LogP contribution in [0.15, 0.2) is 52.9 Å². The Labute approximate surface area is 159 Å². The molecule has 0 saturated carbocycles. The number of hydrogen-bond acceptors (Lipinski definition) is 4. The summed E-state index contributed by atoms with van der Waals surface area (Å²) in [6.45, 7) is 9.62. The SMILES string of the molecule is CCN1CCN(c2ccc(NC(=O)c3cc4ccccc4o3)c(C)c2)CC1. The first-order valence-electron chi connectivity index (χ1n) is 9.52. The predicted octanol–water partition coefficient (Wildman–Crippen LogP) is 4.14. The summed E-state index contributed by atoms with van der Waals surface area (Å²) in [6.07, 6.45) is 0. The fourth-order valence-electron chi connectivity index (χ4n) is 3.58. The van der Waals surface area contributed by atoms with Crippen LogP contribution in [0.2, 0.25) is 0 Å². The molecule has 0 aliphatic carbocycles. The van der Waals surface area contributed by atoms with Crippen LogP contribution in [0.25, 0.3) is 11.0 Å². The first kappa shape index (κ1) is 17.6. The molecule has 2 heterocycles. The van der Waals surface area contributed by atoms with Crippen LogP contribution in [0.3, 0.4) is 0 Å². The molecule has 0 bridgehead atoms. The Morgan fingerprint density at radius 1 is 1.07 bits per heavy atom. The highest BCUT2D eigenvalue weighted by atomic mass is 16.3. The highest BCUT2D eigenvalue weighted by molar-refractivity contribution is 6.05. The van der Waals surface area contributed by atoms with Gasteiger partial charge in [-0.05, 0) is 49.4 Å². The number of anilines is 2. The third-order valence-electron chi connectivity index (χ3n) is 5.29. The lowest BCUT2D eigenvalue weighted by molar-refractivity contribution is 0.0998. The molecular weight excluding hydrogens is 338 g/mol. The Bertz CT molecular complexity index is 922. The van der Waals surface area contributed by atoms with E-state index in [-0.39, 0.29) is 5.91 Å². The number of para-hydroxylation sites is 1. The van der Waals surface area contributed by atoms with Gasteiger partial charge in [0.2, 0.25) is 0 Å². The van der Waals surface area contributed by atoms with E-state index in [2.05, 4.69) is 34.2 Å². The Kier molecular flexibility index (Phi) is 4.86. The van der Waals surface area contributed by atoms with Crippen molar-refractivity contribution in [2.75, 3.05) is 42.9 Å². The van der Waals surface area contributed by atoms with E-state index in [9.17, 15) is 4.79 Å². The fourth-order valence-corrected chi connectivity index (χ4v) is 3.58. The highest BCUT2D eigenvalue weighted by Gasteiger charge is 2.17. The van der Waals surface area contributed by atoms with Crippen LogP contribution in [-0.2, 0) is 0 Å². The molecule has 5 heteroatoms. The maximum absolute atomic E-state index is 12.6. The topological polar surface area (TPSA) is 48.7 Å². The normalized spacial score (nSPS) is 15.3. The minimum Gasteiger partial charge on any atom is -0.451 e. The summed E-state index contributed by atoms with van der Waals surface area (Å²) in [5, 5.41) is 3.91. The third-order valence-corrected chi connectivity index (χ3v) is 5.29. The number of rotatable bonds is 4. The number of nitrogens with zero attached hydrogens (tertiary/aromatic N) is 2. The summed E-state index contributed by atoms with van der Waals surface area (Å²) in [6, 6.07) is 15.6. The van der Waals surface area contributed by atoms with Crippen molar-refractivity contribution in [2.45, 2.75) is 13.8 Å². The number of carbonyl (C=O) groups is 1. The van der Waals surface area contributed by atoms with Gasteiger partial charge in [-0.3, -0.25) is 4.79 Å². The van der Waals surface area contributed by atoms with Crippen LogP contribution in [0.5, 0.6) is 0 Å². The second-order valence-electron chi connectivity index (χ2n) is 7.02. The zero-order chi connectivity index (χ0) is 18.8. The van der Waals surface area contributed by atoms with E-state index in [1.54, 1.807) is 6.07 Å². The summed E-state index contributed by atoms with van der Waals surface area (Å²) in [4.78, 5) is 17.4. The molecule has 0 atom stereocenters. The van der Waals surface area contributed by atoms with E-state index >= 15 is 0 Å². The monoisotopic (exact) mass is 363 g/mol. The number of furan rings is 1. The first-order valence-corrected chi connectivity index (χ1v) is 9.52. The Balaban J connectivity index is 1.47. The van der Waals surface area contributed by atoms with Crippen molar-refractivity contribution in [1.29, 1.82) is 0 Å². The van der Waals surface area contributed by atoms with E-state index in [4.69, 9.17) is 4.42 Å². The van der Waals surface area contributed by atoms with Gasteiger partial charge < -0.3 is 19.5 Å². The molecule has 4 rings (SSSR count). The molecule has 140 valence electrons. The standard InChI is InChI=1S/C22H25N3O2/c1-3-24-10-12-25(13-11-24)18-8-9-19(16(2)14-18)23-22(26)21-15-17-6-4-5-7-20(17)27-21/h4-9,14-15H,3,10-13H2,1-2H3,(H,23,26). The molecule has 0 spiro atoms. The second-order valence-corrected chi connectivity index (χ2v) is 7.02. The zero-order valence-corrected chi connectivity index (χ0v) is 15.9. The number of amides is 1. The first-order chi connectivity index (χ1) is 13.1. The minimum atomic E-state index is -0.224. The fraction of sp³-hybridized carbons (Fsp3) is 0.318. The number of benzene rings is 2. The molecule has 27 heavy (non-hydrogen) atoms. The van der Waals surface area contributed by atoms with Crippen LogP contribution in [0.4, 0.5) is 11.4 Å². The van der Waals surface area contributed by atoms with E-state index in [0.29, 0.717) is 5.76 Å². The van der Waals surface area contributed by atoms with Gasteiger partial charge >= 0.3 is 0 Å². The summed E-state index contributed by atoms with van der Waals surface area (Å²) in [7, 11) is 0. The van der Waals surface area contributed by atoms with E-state index < -0.39 is 0 Å². The molecule has 1 N–H and O–H groups in total. The lowest BCUT2D eigenvalue weighted by Gasteiger charge is -2.35. The number of hydrogen-bond donors (Lipinski definition) is 1. The molecule has 0 radical (unpaired) electrons. The van der Waals surface area contributed by atoms with Crippen molar-refractivity contribution in [2.24, 2.45) is 0 Å². The average molecular weight is 363 g/mol. The van der Waals surface area contributed by atoms with Crippen molar-refractivity contribution < 1.29 is 9.21 Å². The lowest BCUT2D eigenvalue weighted by Crippen LogP contribution is -2.46. The zero-order valence-electron chi connectivity index (χ0n) is 15.9. The number of nitrogens with one attached hydrogen (secondary N) is 1. The molecule has 5 nitrogen and oxygen atoms in total. The summed E-state index contributed by atoms with van der Waals surface area (Å²) >= 11 is 0. The van der Waals surface area contributed by atoms with E-state index in [0.717, 1.165) is 54.9 Å². The molecule has 1 aliphatic heterocycles. The van der Waals surface area contributed by atoms with Gasteiger partial charge in [-0.1, -0.05) is 25.1 Å². The molecule has 1 aliphatic rings. The van der Waals surface area contributed by atoms with Crippen molar-refractivity contribution in [3.63, 3.8) is 0 Å². The molecule has 1 aromatic heterocycles. The number of carbonyl (C=O) groups excluding carboxylic acids is 1. The lowest BCUT2D eigenvalue weighted by atomic mass is 10.1. The van der Waals surface area contributed by atoms with Crippen LogP contribution in [-0.4, -0.2) is 43.5 Å². The number of likely N-dealkylation sites (N-methyl/N-ethyl adjacent to an activating group) is 1. The van der Waals surface area contributed by atoms with Crippen LogP contribution < -0.4 is 10.2 Å². The third kappa shape index (κ3) is 3.69. The summed E-state index contributed by atoms with van der Waals surface area (Å²) in [5.41, 5.74) is 3.80. The Hall–Kier alpha value is -2.79. The molecule has 2 aromatic carbocycles. The van der Waals surface area contributed by atoms with E-state index in [1.165, 1.54) is 5.69 Å². The molecule has 0 unspecified atom stereocenters. The molecular formula is C22H25N3O2. The van der Waals surface area contributed by atoms with Crippen molar-refractivity contribution >= 4 is 28.3 Å². The molecule has 1 saturated heterocycles. The Morgan fingerprint density at radius 2 is 1.85 bits per heavy atom. The van der Waals surface area contributed by atoms with Crippen LogP contribution >= 0.6 is 0 Å². The highest BCUT2D eigenvalue weighted by Crippen LogP contribution is 2.25. The largest absolute Gasteiger partial charge is 0.451 e. The maximum Gasteiger partial charge on any atom is 0.291 e. The number of aryl methyl sites for hydroxylation is 1. The van der Waals surface area contributed by atoms with E-state index in [1.807, 2.05) is 37.3 Å². The Morgan fingerprint density at radius 3 is 2.56 bits per heavy atom. The van der Waals surface area contributed by atoms with Gasteiger partial charge in [0.15, 0.2) is 5.76 Å². The van der Waals surface area contributed by atoms with Gasteiger partial charge in [-0.25, -0.2) is 0 Å². The van der Waals surface area contributed by atoms with Gasteiger partial charge in [0.25, 0.3) is 5.91 Å². The molecule has 1 fully saturated rings. The number of piperazine rings is 1. The minimum absolute atomic E-state index is 0.224. The average Bonchev–Trinajstić information content (AvgIpc) is 3.14. The van der Waals surface area contributed by atoms with Gasteiger partial charge in [-0.15, -0.1) is 0 Å². The van der Waals surface area contributed by atoms with Crippen molar-refractivity contribution in [1.82, 2.24) is 4.90 Å². The summed E-state index contributed by atoms with van der Waals surface area (Å²) in [5.74, 6) is 0.106. The van der Waals surface area contributed by atoms with Crippen LogP contribution in [0, 0.1) is 6.92 Å². The van der Waals surface area contributed by atoms with Crippen LogP contribution in [0.1, 0.15) is 23.0 Å². The summed E-state index contributed by atoms with van der Waals surface area (Å²) < 4.78 is 5.66. The second kappa shape index (κ2) is 7.45. The predicted molar refractivity (Wildman–Crippen MR) is 110 cm³/mol. The van der Waals surface area contributed by atoms with Crippen molar-refractivity contribution in [3.05, 3.63) is 59.9 Å². The number of fused-ring (bicyclic) bond motifs is 1. The molecule has 1 amide bonds. The quantitative estimate of drug-likeness (QED) is 0.757. The van der Waals surface area contributed by atoms with Gasteiger partial charge in [-0.2, -0.15) is 0 Å². The smallest absolute Gasteiger partial charge is 0.291 e. The van der Waals surface area contributed by atoms with Gasteiger partial charge in [0.05, 0.1) is 0 Å².